The summed E-state index contributed by atoms with van der Waals surface area (Å²) in [5.74, 6) is 0.731. The number of halogens is 2. The monoisotopic (exact) mass is 244 g/mol. The lowest BCUT2D eigenvalue weighted by Gasteiger charge is -2.29. The molecular formula is C11H14F2N2O2. The van der Waals surface area contributed by atoms with Crippen molar-refractivity contribution in [1.29, 1.82) is 0 Å². The lowest BCUT2D eigenvalue weighted by atomic mass is 10.1. The van der Waals surface area contributed by atoms with Crippen molar-refractivity contribution < 1.29 is 18.3 Å². The predicted molar refractivity (Wildman–Crippen MR) is 59.9 cm³/mol. The summed E-state index contributed by atoms with van der Waals surface area (Å²) >= 11 is 0. The van der Waals surface area contributed by atoms with Gasteiger partial charge < -0.3 is 20.1 Å². The minimum Gasteiger partial charge on any atom is -0.497 e. The van der Waals surface area contributed by atoms with Crippen LogP contribution < -0.4 is 20.1 Å². The van der Waals surface area contributed by atoms with Crippen molar-refractivity contribution in [3.05, 3.63) is 18.2 Å². The second-order valence-electron chi connectivity index (χ2n) is 3.74. The average Bonchev–Trinajstić information content (AvgIpc) is 2.24. The van der Waals surface area contributed by atoms with Crippen LogP contribution in [0.4, 0.5) is 14.5 Å². The van der Waals surface area contributed by atoms with Gasteiger partial charge in [-0.05, 0) is 12.1 Å². The van der Waals surface area contributed by atoms with Gasteiger partial charge in [0.15, 0.2) is 0 Å². The number of benzene rings is 1. The number of ether oxygens (including phenoxy) is 2. The van der Waals surface area contributed by atoms with Crippen LogP contribution in [0.1, 0.15) is 0 Å². The van der Waals surface area contributed by atoms with E-state index in [4.69, 9.17) is 4.74 Å². The third kappa shape index (κ3) is 2.97. The molecule has 1 heterocycles. The van der Waals surface area contributed by atoms with Crippen LogP contribution in [0, 0.1) is 0 Å². The van der Waals surface area contributed by atoms with Crippen molar-refractivity contribution in [3.63, 3.8) is 0 Å². The highest BCUT2D eigenvalue weighted by Gasteiger charge is 2.19. The van der Waals surface area contributed by atoms with Gasteiger partial charge >= 0.3 is 6.61 Å². The Morgan fingerprint density at radius 3 is 2.71 bits per heavy atom. The normalized spacial score (nSPS) is 15.5. The SMILES string of the molecule is COc1ccc(OC(F)F)c(NC2CNC2)c1. The first-order valence-corrected chi connectivity index (χ1v) is 5.29. The lowest BCUT2D eigenvalue weighted by molar-refractivity contribution is -0.0494. The smallest absolute Gasteiger partial charge is 0.387 e. The molecule has 0 bridgehead atoms. The molecule has 0 radical (unpaired) electrons. The van der Waals surface area contributed by atoms with Crippen LogP contribution in [0.2, 0.25) is 0 Å². The third-order valence-corrected chi connectivity index (χ3v) is 2.54. The molecule has 0 aromatic heterocycles. The van der Waals surface area contributed by atoms with E-state index in [1.165, 1.54) is 13.2 Å². The lowest BCUT2D eigenvalue weighted by Crippen LogP contribution is -2.51. The molecule has 0 atom stereocenters. The number of methoxy groups -OCH3 is 1. The topological polar surface area (TPSA) is 42.5 Å². The first-order valence-electron chi connectivity index (χ1n) is 5.29. The predicted octanol–water partition coefficient (Wildman–Crippen LogP) is 1.68. The summed E-state index contributed by atoms with van der Waals surface area (Å²) in [6.45, 7) is -1.21. The first kappa shape index (κ1) is 11.9. The average molecular weight is 244 g/mol. The van der Waals surface area contributed by atoms with Crippen molar-refractivity contribution in [2.24, 2.45) is 0 Å². The molecule has 0 spiro atoms. The van der Waals surface area contributed by atoms with Crippen LogP contribution in [-0.4, -0.2) is 32.9 Å². The van der Waals surface area contributed by atoms with Gasteiger partial charge in [-0.2, -0.15) is 8.78 Å². The Hall–Kier alpha value is -1.56. The Labute approximate surface area is 97.9 Å². The van der Waals surface area contributed by atoms with E-state index in [1.54, 1.807) is 12.1 Å². The molecule has 94 valence electrons. The van der Waals surface area contributed by atoms with Gasteiger partial charge in [0, 0.05) is 19.2 Å². The largest absolute Gasteiger partial charge is 0.497 e. The fourth-order valence-electron chi connectivity index (χ4n) is 1.56. The van der Waals surface area contributed by atoms with Crippen molar-refractivity contribution in [1.82, 2.24) is 5.32 Å². The van der Waals surface area contributed by atoms with Crippen molar-refractivity contribution >= 4 is 5.69 Å². The maximum absolute atomic E-state index is 12.2. The van der Waals surface area contributed by atoms with Gasteiger partial charge in [-0.25, -0.2) is 0 Å². The van der Waals surface area contributed by atoms with E-state index in [1.807, 2.05) is 0 Å². The molecule has 0 amide bonds. The number of rotatable bonds is 5. The van der Waals surface area contributed by atoms with Gasteiger partial charge in [0.05, 0.1) is 18.8 Å². The Kier molecular flexibility index (Phi) is 3.63. The van der Waals surface area contributed by atoms with Gasteiger partial charge in [-0.1, -0.05) is 0 Å². The summed E-state index contributed by atoms with van der Waals surface area (Å²) in [4.78, 5) is 0. The van der Waals surface area contributed by atoms with Crippen LogP contribution in [-0.2, 0) is 0 Å². The quantitative estimate of drug-likeness (QED) is 0.827. The second kappa shape index (κ2) is 5.18. The van der Waals surface area contributed by atoms with Crippen LogP contribution in [0.25, 0.3) is 0 Å². The van der Waals surface area contributed by atoms with Gasteiger partial charge in [-0.15, -0.1) is 0 Å². The van der Waals surface area contributed by atoms with Gasteiger partial charge in [0.2, 0.25) is 0 Å². The highest BCUT2D eigenvalue weighted by Crippen LogP contribution is 2.31. The molecule has 0 unspecified atom stereocenters. The van der Waals surface area contributed by atoms with E-state index in [0.29, 0.717) is 11.4 Å². The summed E-state index contributed by atoms with van der Waals surface area (Å²) in [5, 5.41) is 6.21. The fourth-order valence-corrected chi connectivity index (χ4v) is 1.56. The molecule has 6 heteroatoms. The van der Waals surface area contributed by atoms with E-state index in [2.05, 4.69) is 15.4 Å². The molecule has 2 rings (SSSR count). The van der Waals surface area contributed by atoms with Gasteiger partial charge in [0.1, 0.15) is 11.5 Å². The minimum absolute atomic E-state index is 0.132. The maximum Gasteiger partial charge on any atom is 0.387 e. The number of nitrogens with one attached hydrogen (secondary N) is 2. The van der Waals surface area contributed by atoms with Crippen LogP contribution in [0.3, 0.4) is 0 Å². The summed E-state index contributed by atoms with van der Waals surface area (Å²) in [6.07, 6.45) is 0. The number of hydrogen-bond acceptors (Lipinski definition) is 4. The third-order valence-electron chi connectivity index (χ3n) is 2.54. The molecule has 1 aromatic rings. The first-order chi connectivity index (χ1) is 8.19. The van der Waals surface area contributed by atoms with Crippen molar-refractivity contribution in [2.75, 3.05) is 25.5 Å². The van der Waals surface area contributed by atoms with E-state index >= 15 is 0 Å². The summed E-state index contributed by atoms with van der Waals surface area (Å²) in [5.41, 5.74) is 0.524. The zero-order valence-corrected chi connectivity index (χ0v) is 9.37. The number of anilines is 1. The van der Waals surface area contributed by atoms with E-state index in [0.717, 1.165) is 13.1 Å². The van der Waals surface area contributed by atoms with Crippen LogP contribution >= 0.6 is 0 Å². The summed E-state index contributed by atoms with van der Waals surface area (Å²) in [7, 11) is 1.53. The van der Waals surface area contributed by atoms with E-state index in [9.17, 15) is 8.78 Å². The molecule has 1 aliphatic heterocycles. The zero-order chi connectivity index (χ0) is 12.3. The molecule has 4 nitrogen and oxygen atoms in total. The van der Waals surface area contributed by atoms with Crippen molar-refractivity contribution in [2.45, 2.75) is 12.7 Å². The molecular weight excluding hydrogens is 230 g/mol. The summed E-state index contributed by atoms with van der Waals surface area (Å²) in [6, 6.07) is 4.94. The highest BCUT2D eigenvalue weighted by molar-refractivity contribution is 5.60. The molecule has 1 fully saturated rings. The van der Waals surface area contributed by atoms with Gasteiger partial charge in [0.25, 0.3) is 0 Å². The molecule has 0 saturated carbocycles. The Morgan fingerprint density at radius 2 is 2.18 bits per heavy atom. The van der Waals surface area contributed by atoms with Crippen LogP contribution in [0.5, 0.6) is 11.5 Å². The van der Waals surface area contributed by atoms with E-state index in [-0.39, 0.29) is 11.8 Å². The fraction of sp³-hybridized carbons (Fsp3) is 0.455. The summed E-state index contributed by atoms with van der Waals surface area (Å²) < 4.78 is 33.9. The molecule has 0 aliphatic carbocycles. The molecule has 2 N–H and O–H groups in total. The van der Waals surface area contributed by atoms with Crippen LogP contribution in [0.15, 0.2) is 18.2 Å². The van der Waals surface area contributed by atoms with Crippen molar-refractivity contribution in [3.8, 4) is 11.5 Å². The Morgan fingerprint density at radius 1 is 1.41 bits per heavy atom. The van der Waals surface area contributed by atoms with E-state index < -0.39 is 6.61 Å². The van der Waals surface area contributed by atoms with Gasteiger partial charge in [-0.3, -0.25) is 0 Å². The molecule has 1 aromatic carbocycles. The number of hydrogen-bond donors (Lipinski definition) is 2. The number of alkyl halides is 2. The molecule has 17 heavy (non-hydrogen) atoms. The Bertz CT molecular complexity index is 384. The zero-order valence-electron chi connectivity index (χ0n) is 9.37. The molecule has 1 saturated heterocycles. The molecule has 1 aliphatic rings. The maximum atomic E-state index is 12.2. The minimum atomic E-state index is -2.83. The highest BCUT2D eigenvalue weighted by atomic mass is 19.3. The standard InChI is InChI=1S/C11H14F2N2O2/c1-16-8-2-3-10(17-11(12)13)9(4-8)15-7-5-14-6-7/h2-4,7,11,14-15H,5-6H2,1H3. The Balaban J connectivity index is 2.16. The second-order valence-corrected chi connectivity index (χ2v) is 3.74.